The van der Waals surface area contributed by atoms with Crippen molar-refractivity contribution in [2.24, 2.45) is 5.92 Å². The SMILES string of the molecule is COc1cccc(-n2nc(Cl)c3cc(C(=O)C4CCCCCCC4)ccc32)c1. The molecule has 1 saturated carbocycles. The Hall–Kier alpha value is -2.33. The van der Waals surface area contributed by atoms with Crippen molar-refractivity contribution in [2.75, 3.05) is 7.11 Å². The number of fused-ring (bicyclic) bond motifs is 1. The third-order valence-electron chi connectivity index (χ3n) is 5.69. The first-order valence-corrected chi connectivity index (χ1v) is 10.4. The molecular weight excluding hydrogens is 372 g/mol. The highest BCUT2D eigenvalue weighted by Gasteiger charge is 2.22. The van der Waals surface area contributed by atoms with Gasteiger partial charge in [0.25, 0.3) is 0 Å². The van der Waals surface area contributed by atoms with Gasteiger partial charge in [-0.2, -0.15) is 5.10 Å². The molecule has 1 aliphatic rings. The Morgan fingerprint density at radius 3 is 2.57 bits per heavy atom. The van der Waals surface area contributed by atoms with Crippen LogP contribution in [0.1, 0.15) is 55.3 Å². The van der Waals surface area contributed by atoms with Gasteiger partial charge in [-0.1, -0.05) is 49.8 Å². The molecule has 0 spiro atoms. The summed E-state index contributed by atoms with van der Waals surface area (Å²) in [6.07, 6.45) is 8.05. The molecule has 4 rings (SSSR count). The fraction of sp³-hybridized carbons (Fsp3) is 0.391. The lowest BCUT2D eigenvalue weighted by Crippen LogP contribution is -2.16. The molecule has 4 nitrogen and oxygen atoms in total. The number of ether oxygens (including phenoxy) is 1. The van der Waals surface area contributed by atoms with Crippen LogP contribution in [0.4, 0.5) is 0 Å². The number of Topliss-reactive ketones (excluding diaryl/α,β-unsaturated/α-hetero) is 1. The molecule has 0 bridgehead atoms. The number of rotatable bonds is 4. The fourth-order valence-electron chi connectivity index (χ4n) is 4.13. The number of hydrogen-bond acceptors (Lipinski definition) is 3. The van der Waals surface area contributed by atoms with E-state index in [1.54, 1.807) is 11.8 Å². The smallest absolute Gasteiger partial charge is 0.165 e. The number of methoxy groups -OCH3 is 1. The molecule has 1 fully saturated rings. The van der Waals surface area contributed by atoms with Crippen LogP contribution in [0.3, 0.4) is 0 Å². The third kappa shape index (κ3) is 3.79. The lowest BCUT2D eigenvalue weighted by Gasteiger charge is -2.18. The van der Waals surface area contributed by atoms with Gasteiger partial charge in [0, 0.05) is 22.9 Å². The number of hydrogen-bond donors (Lipinski definition) is 0. The van der Waals surface area contributed by atoms with Crippen molar-refractivity contribution in [3.63, 3.8) is 0 Å². The summed E-state index contributed by atoms with van der Waals surface area (Å²) in [7, 11) is 1.64. The summed E-state index contributed by atoms with van der Waals surface area (Å²) >= 11 is 6.44. The Labute approximate surface area is 170 Å². The van der Waals surface area contributed by atoms with Gasteiger partial charge in [0.1, 0.15) is 5.75 Å². The summed E-state index contributed by atoms with van der Waals surface area (Å²) in [6.45, 7) is 0. The maximum Gasteiger partial charge on any atom is 0.165 e. The molecule has 0 atom stereocenters. The van der Waals surface area contributed by atoms with E-state index in [4.69, 9.17) is 16.3 Å². The van der Waals surface area contributed by atoms with E-state index in [2.05, 4.69) is 5.10 Å². The summed E-state index contributed by atoms with van der Waals surface area (Å²) in [4.78, 5) is 13.1. The number of aromatic nitrogens is 2. The molecule has 0 amide bonds. The van der Waals surface area contributed by atoms with Crippen LogP contribution >= 0.6 is 11.6 Å². The molecule has 0 aliphatic heterocycles. The molecule has 1 aromatic heterocycles. The van der Waals surface area contributed by atoms with E-state index >= 15 is 0 Å². The number of benzene rings is 2. The van der Waals surface area contributed by atoms with Crippen molar-refractivity contribution in [3.05, 3.63) is 53.2 Å². The molecule has 1 heterocycles. The van der Waals surface area contributed by atoms with Crippen LogP contribution in [0.15, 0.2) is 42.5 Å². The first-order chi connectivity index (χ1) is 13.7. The van der Waals surface area contributed by atoms with E-state index in [1.807, 2.05) is 42.5 Å². The normalized spacial score (nSPS) is 15.9. The second kappa shape index (κ2) is 8.36. The largest absolute Gasteiger partial charge is 0.497 e. The fourth-order valence-corrected chi connectivity index (χ4v) is 4.35. The Bertz CT molecular complexity index is 987. The van der Waals surface area contributed by atoms with Crippen molar-refractivity contribution in [2.45, 2.75) is 44.9 Å². The van der Waals surface area contributed by atoms with Crippen molar-refractivity contribution >= 4 is 28.3 Å². The average Bonchev–Trinajstić information content (AvgIpc) is 3.03. The van der Waals surface area contributed by atoms with Gasteiger partial charge in [0.15, 0.2) is 10.9 Å². The predicted molar refractivity (Wildman–Crippen MR) is 113 cm³/mol. The molecule has 3 aromatic rings. The predicted octanol–water partition coefficient (Wildman–Crippen LogP) is 6.23. The van der Waals surface area contributed by atoms with Gasteiger partial charge in [0.2, 0.25) is 0 Å². The van der Waals surface area contributed by atoms with Crippen LogP contribution in [0.5, 0.6) is 5.75 Å². The van der Waals surface area contributed by atoms with Gasteiger partial charge < -0.3 is 4.74 Å². The van der Waals surface area contributed by atoms with Crippen LogP contribution in [0.2, 0.25) is 5.15 Å². The van der Waals surface area contributed by atoms with Crippen molar-refractivity contribution < 1.29 is 9.53 Å². The second-order valence-corrected chi connectivity index (χ2v) is 7.90. The maximum atomic E-state index is 13.1. The molecule has 5 heteroatoms. The van der Waals surface area contributed by atoms with Crippen LogP contribution in [0.25, 0.3) is 16.6 Å². The number of carbonyl (C=O) groups excluding carboxylic acids is 1. The molecule has 0 unspecified atom stereocenters. The van der Waals surface area contributed by atoms with Crippen molar-refractivity contribution in [3.8, 4) is 11.4 Å². The zero-order valence-corrected chi connectivity index (χ0v) is 16.9. The minimum atomic E-state index is 0.130. The van der Waals surface area contributed by atoms with Crippen molar-refractivity contribution in [1.29, 1.82) is 0 Å². The average molecular weight is 397 g/mol. The van der Waals surface area contributed by atoms with Crippen LogP contribution in [-0.2, 0) is 0 Å². The van der Waals surface area contributed by atoms with Crippen molar-refractivity contribution in [1.82, 2.24) is 9.78 Å². The monoisotopic (exact) mass is 396 g/mol. The Balaban J connectivity index is 1.68. The number of ketones is 1. The van der Waals surface area contributed by atoms with E-state index < -0.39 is 0 Å². The molecule has 0 radical (unpaired) electrons. The zero-order chi connectivity index (χ0) is 19.5. The molecular formula is C23H25ClN2O2. The van der Waals surface area contributed by atoms with Gasteiger partial charge in [-0.05, 0) is 43.2 Å². The van der Waals surface area contributed by atoms with Gasteiger partial charge in [-0.15, -0.1) is 0 Å². The Kier molecular flexibility index (Phi) is 5.67. The topological polar surface area (TPSA) is 44.1 Å². The standard InChI is InChI=1S/C23H25ClN2O2/c1-28-19-11-7-10-18(15-19)26-21-13-12-17(14-20(21)23(24)25-26)22(27)16-8-5-3-2-4-6-9-16/h7,10-16H,2-6,8-9H2,1H3. The van der Waals surface area contributed by atoms with Gasteiger partial charge in [-0.3, -0.25) is 4.79 Å². The quantitative estimate of drug-likeness (QED) is 0.491. The molecule has 0 N–H and O–H groups in total. The van der Waals surface area contributed by atoms with Crippen LogP contribution < -0.4 is 4.74 Å². The molecule has 146 valence electrons. The lowest BCUT2D eigenvalue weighted by molar-refractivity contribution is 0.0898. The number of halogens is 1. The number of carbonyl (C=O) groups is 1. The van der Waals surface area contributed by atoms with E-state index in [-0.39, 0.29) is 11.7 Å². The molecule has 0 saturated heterocycles. The highest BCUT2D eigenvalue weighted by molar-refractivity contribution is 6.34. The molecule has 28 heavy (non-hydrogen) atoms. The van der Waals surface area contributed by atoms with E-state index in [0.29, 0.717) is 5.15 Å². The van der Waals surface area contributed by atoms with Crippen LogP contribution in [-0.4, -0.2) is 22.7 Å². The molecule has 2 aromatic carbocycles. The van der Waals surface area contributed by atoms with E-state index in [9.17, 15) is 4.79 Å². The van der Waals surface area contributed by atoms with Gasteiger partial charge in [0.05, 0.1) is 18.3 Å². The molecule has 1 aliphatic carbocycles. The van der Waals surface area contributed by atoms with E-state index in [0.717, 1.165) is 53.6 Å². The zero-order valence-electron chi connectivity index (χ0n) is 16.2. The Morgan fingerprint density at radius 1 is 1.07 bits per heavy atom. The first kappa shape index (κ1) is 19.0. The van der Waals surface area contributed by atoms with Crippen LogP contribution in [0, 0.1) is 5.92 Å². The highest BCUT2D eigenvalue weighted by Crippen LogP contribution is 2.30. The van der Waals surface area contributed by atoms with Gasteiger partial charge >= 0.3 is 0 Å². The van der Waals surface area contributed by atoms with E-state index in [1.165, 1.54) is 19.3 Å². The second-order valence-electron chi connectivity index (χ2n) is 7.54. The summed E-state index contributed by atoms with van der Waals surface area (Å²) in [5.74, 6) is 1.13. The minimum absolute atomic E-state index is 0.130. The van der Waals surface area contributed by atoms with Gasteiger partial charge in [-0.25, -0.2) is 4.68 Å². The third-order valence-corrected chi connectivity index (χ3v) is 5.97. The Morgan fingerprint density at radius 2 is 1.82 bits per heavy atom. The lowest BCUT2D eigenvalue weighted by atomic mass is 9.85. The number of nitrogens with zero attached hydrogens (tertiary/aromatic N) is 2. The summed E-state index contributed by atoms with van der Waals surface area (Å²) < 4.78 is 7.11. The highest BCUT2D eigenvalue weighted by atomic mass is 35.5. The summed E-state index contributed by atoms with van der Waals surface area (Å²) in [5.41, 5.74) is 2.49. The summed E-state index contributed by atoms with van der Waals surface area (Å²) in [5, 5.41) is 5.71. The maximum absolute atomic E-state index is 13.1. The summed E-state index contributed by atoms with van der Waals surface area (Å²) in [6, 6.07) is 13.4. The minimum Gasteiger partial charge on any atom is -0.497 e. The first-order valence-electron chi connectivity index (χ1n) is 10.0.